The lowest BCUT2D eigenvalue weighted by molar-refractivity contribution is 0.0518. The maximum absolute atomic E-state index is 13.0. The van der Waals surface area contributed by atoms with Crippen molar-refractivity contribution in [2.45, 2.75) is 18.7 Å². The average molecular weight is 454 g/mol. The van der Waals surface area contributed by atoms with Gasteiger partial charge in [0.15, 0.2) is 5.76 Å². The number of sulfonamides is 1. The molecular weight excluding hydrogens is 430 g/mol. The summed E-state index contributed by atoms with van der Waals surface area (Å²) in [6, 6.07) is 7.42. The van der Waals surface area contributed by atoms with Crippen molar-refractivity contribution in [2.75, 3.05) is 39.3 Å². The lowest BCUT2D eigenvalue weighted by Gasteiger charge is -2.34. The summed E-state index contributed by atoms with van der Waals surface area (Å²) in [5.41, 5.74) is 0.135. The molecule has 2 aromatic rings. The van der Waals surface area contributed by atoms with Crippen LogP contribution in [-0.2, 0) is 10.0 Å². The van der Waals surface area contributed by atoms with Crippen molar-refractivity contribution >= 4 is 33.4 Å². The van der Waals surface area contributed by atoms with Gasteiger partial charge in [-0.15, -0.1) is 0 Å². The van der Waals surface area contributed by atoms with Gasteiger partial charge in [0.05, 0.1) is 21.7 Å². The Bertz CT molecular complexity index is 1010. The molecule has 1 fully saturated rings. The van der Waals surface area contributed by atoms with Crippen LogP contribution >= 0.6 is 11.6 Å². The number of amides is 2. The van der Waals surface area contributed by atoms with Gasteiger partial charge in [0.25, 0.3) is 11.8 Å². The number of hydrogen-bond acceptors (Lipinski definition) is 5. The van der Waals surface area contributed by atoms with Gasteiger partial charge in [0, 0.05) is 39.3 Å². The zero-order valence-corrected chi connectivity index (χ0v) is 18.4. The summed E-state index contributed by atoms with van der Waals surface area (Å²) in [6.45, 7) is 5.50. The molecule has 0 N–H and O–H groups in total. The van der Waals surface area contributed by atoms with Crippen molar-refractivity contribution in [3.8, 4) is 0 Å². The number of benzene rings is 1. The van der Waals surface area contributed by atoms with E-state index >= 15 is 0 Å². The molecule has 0 spiro atoms. The summed E-state index contributed by atoms with van der Waals surface area (Å²) < 4.78 is 32.0. The van der Waals surface area contributed by atoms with Crippen LogP contribution in [0.3, 0.4) is 0 Å². The lowest BCUT2D eigenvalue weighted by Crippen LogP contribution is -2.50. The van der Waals surface area contributed by atoms with E-state index < -0.39 is 10.0 Å². The highest BCUT2D eigenvalue weighted by Gasteiger charge is 2.29. The molecule has 30 heavy (non-hydrogen) atoms. The van der Waals surface area contributed by atoms with Crippen molar-refractivity contribution in [3.05, 3.63) is 52.9 Å². The van der Waals surface area contributed by atoms with E-state index in [1.54, 1.807) is 35.8 Å². The molecule has 1 aliphatic rings. The Kier molecular flexibility index (Phi) is 6.84. The molecule has 0 unspecified atom stereocenters. The molecule has 0 atom stereocenters. The van der Waals surface area contributed by atoms with E-state index in [4.69, 9.17) is 16.0 Å². The highest BCUT2D eigenvalue weighted by molar-refractivity contribution is 7.89. The van der Waals surface area contributed by atoms with Crippen LogP contribution in [0.4, 0.5) is 0 Å². The summed E-state index contributed by atoms with van der Waals surface area (Å²) in [5.74, 6) is -0.328. The van der Waals surface area contributed by atoms with Gasteiger partial charge >= 0.3 is 0 Å². The van der Waals surface area contributed by atoms with Crippen LogP contribution in [0.1, 0.15) is 34.8 Å². The molecule has 8 nitrogen and oxygen atoms in total. The van der Waals surface area contributed by atoms with Gasteiger partial charge in [0.1, 0.15) is 0 Å². The molecule has 2 amide bonds. The number of rotatable bonds is 6. The third-order valence-corrected chi connectivity index (χ3v) is 7.47. The number of carbonyl (C=O) groups excluding carboxylic acids is 2. The van der Waals surface area contributed by atoms with Crippen LogP contribution < -0.4 is 0 Å². The minimum atomic E-state index is -3.71. The number of hydrogen-bond donors (Lipinski definition) is 0. The lowest BCUT2D eigenvalue weighted by atomic mass is 10.1. The summed E-state index contributed by atoms with van der Waals surface area (Å²) in [5, 5.41) is 0.188. The minimum Gasteiger partial charge on any atom is -0.459 e. The first-order chi connectivity index (χ1) is 14.3. The van der Waals surface area contributed by atoms with Gasteiger partial charge in [-0.05, 0) is 30.3 Å². The summed E-state index contributed by atoms with van der Waals surface area (Å²) >= 11 is 6.22. The zero-order valence-electron chi connectivity index (χ0n) is 16.9. The second kappa shape index (κ2) is 9.20. The number of furan rings is 1. The van der Waals surface area contributed by atoms with E-state index in [1.807, 2.05) is 0 Å². The second-order valence-corrected chi connectivity index (χ2v) is 9.14. The topological polar surface area (TPSA) is 91.1 Å². The van der Waals surface area contributed by atoms with E-state index in [-0.39, 0.29) is 33.1 Å². The molecule has 10 heteroatoms. The Morgan fingerprint density at radius 3 is 2.17 bits per heavy atom. The number of piperazine rings is 1. The summed E-state index contributed by atoms with van der Waals surface area (Å²) in [7, 11) is -3.71. The maximum atomic E-state index is 13.0. The number of carbonyl (C=O) groups is 2. The van der Waals surface area contributed by atoms with Gasteiger partial charge in [-0.1, -0.05) is 25.4 Å². The molecule has 162 valence electrons. The molecule has 1 aromatic carbocycles. The Labute approximate surface area is 181 Å². The third-order valence-electron chi connectivity index (χ3n) is 5.10. The van der Waals surface area contributed by atoms with Crippen LogP contribution in [0.2, 0.25) is 5.02 Å². The molecular formula is C20H24ClN3O5S. The van der Waals surface area contributed by atoms with Crippen LogP contribution in [0.5, 0.6) is 0 Å². The normalized spacial score (nSPS) is 14.9. The SMILES string of the molecule is CCN(CC)S(=O)(=O)c1ccc(Cl)c(C(=O)N2CCN(C(=O)c3ccco3)CC2)c1. The Hall–Kier alpha value is -2.36. The maximum Gasteiger partial charge on any atom is 0.289 e. The van der Waals surface area contributed by atoms with E-state index in [0.29, 0.717) is 39.3 Å². The largest absolute Gasteiger partial charge is 0.459 e. The van der Waals surface area contributed by atoms with Crippen LogP contribution in [0.25, 0.3) is 0 Å². The molecule has 1 aromatic heterocycles. The monoisotopic (exact) mass is 453 g/mol. The first kappa shape index (κ1) is 22.3. The van der Waals surface area contributed by atoms with E-state index in [9.17, 15) is 18.0 Å². The van der Waals surface area contributed by atoms with Crippen molar-refractivity contribution < 1.29 is 22.4 Å². The van der Waals surface area contributed by atoms with Crippen LogP contribution in [-0.4, -0.2) is 73.6 Å². The number of halogens is 1. The molecule has 0 saturated carbocycles. The van der Waals surface area contributed by atoms with Crippen LogP contribution in [0.15, 0.2) is 45.9 Å². The average Bonchev–Trinajstić information content (AvgIpc) is 3.28. The smallest absolute Gasteiger partial charge is 0.289 e. The van der Waals surface area contributed by atoms with Gasteiger partial charge < -0.3 is 14.2 Å². The fourth-order valence-electron chi connectivity index (χ4n) is 3.38. The van der Waals surface area contributed by atoms with Crippen molar-refractivity contribution in [2.24, 2.45) is 0 Å². The van der Waals surface area contributed by atoms with Crippen LogP contribution in [0, 0.1) is 0 Å². The second-order valence-electron chi connectivity index (χ2n) is 6.79. The standard InChI is InChI=1S/C20H24ClN3O5S/c1-3-24(4-2)30(27,28)15-7-8-17(21)16(14-15)19(25)22-9-11-23(12-10-22)20(26)18-6-5-13-29-18/h5-8,13-14H,3-4,9-12H2,1-2H3. The zero-order chi connectivity index (χ0) is 21.9. The van der Waals surface area contributed by atoms with Gasteiger partial charge in [-0.2, -0.15) is 4.31 Å². The minimum absolute atomic E-state index is 0.0329. The molecule has 1 aliphatic heterocycles. The predicted molar refractivity (Wildman–Crippen MR) is 112 cm³/mol. The molecule has 0 bridgehead atoms. The highest BCUT2D eigenvalue weighted by Crippen LogP contribution is 2.25. The third kappa shape index (κ3) is 4.38. The van der Waals surface area contributed by atoms with Crippen molar-refractivity contribution in [1.29, 1.82) is 0 Å². The highest BCUT2D eigenvalue weighted by atomic mass is 35.5. The first-order valence-electron chi connectivity index (χ1n) is 9.71. The Balaban J connectivity index is 1.75. The van der Waals surface area contributed by atoms with E-state index in [1.165, 1.54) is 28.8 Å². The summed E-state index contributed by atoms with van der Waals surface area (Å²) in [4.78, 5) is 28.6. The van der Waals surface area contributed by atoms with Gasteiger partial charge in [-0.25, -0.2) is 8.42 Å². The van der Waals surface area contributed by atoms with E-state index in [2.05, 4.69) is 0 Å². The van der Waals surface area contributed by atoms with Gasteiger partial charge in [-0.3, -0.25) is 9.59 Å². The fraction of sp³-hybridized carbons (Fsp3) is 0.400. The van der Waals surface area contributed by atoms with Crippen molar-refractivity contribution in [3.63, 3.8) is 0 Å². The van der Waals surface area contributed by atoms with Gasteiger partial charge in [0.2, 0.25) is 10.0 Å². The van der Waals surface area contributed by atoms with Crippen molar-refractivity contribution in [1.82, 2.24) is 14.1 Å². The summed E-state index contributed by atoms with van der Waals surface area (Å²) in [6.07, 6.45) is 1.44. The molecule has 3 rings (SSSR count). The Morgan fingerprint density at radius 1 is 1.03 bits per heavy atom. The molecule has 0 radical (unpaired) electrons. The fourth-order valence-corrected chi connectivity index (χ4v) is 5.06. The Morgan fingerprint density at radius 2 is 1.63 bits per heavy atom. The van der Waals surface area contributed by atoms with E-state index in [0.717, 1.165) is 0 Å². The predicted octanol–water partition coefficient (Wildman–Crippen LogP) is 2.56. The molecule has 2 heterocycles. The number of nitrogens with zero attached hydrogens (tertiary/aromatic N) is 3. The molecule has 0 aliphatic carbocycles. The quantitative estimate of drug-likeness (QED) is 0.670. The molecule has 1 saturated heterocycles. The first-order valence-corrected chi connectivity index (χ1v) is 11.5.